The molecule has 1 unspecified atom stereocenters. The molecule has 1 fully saturated rings. The first-order chi connectivity index (χ1) is 15.7. The van der Waals surface area contributed by atoms with Gasteiger partial charge in [0.15, 0.2) is 0 Å². The maximum absolute atomic E-state index is 13.1. The van der Waals surface area contributed by atoms with Crippen molar-refractivity contribution in [2.45, 2.75) is 35.1 Å². The fourth-order valence-electron chi connectivity index (χ4n) is 3.24. The second-order valence-corrected chi connectivity index (χ2v) is 10.1. The molecule has 0 radical (unpaired) electrons. The zero-order valence-electron chi connectivity index (χ0n) is 17.5. The van der Waals surface area contributed by atoms with Crippen LogP contribution in [0.15, 0.2) is 16.4 Å². The van der Waals surface area contributed by atoms with Crippen LogP contribution in [0.2, 0.25) is 0 Å². The summed E-state index contributed by atoms with van der Waals surface area (Å²) in [6, 6.07) is 0. The van der Waals surface area contributed by atoms with E-state index in [-0.39, 0.29) is 22.4 Å². The number of aliphatic carboxylic acids is 2. The highest BCUT2D eigenvalue weighted by molar-refractivity contribution is 8.01. The SMILES string of the molecule is CCSC(N)C(=O)N[C@]1(OC)C(=O)N2C(C(=O)O)=C(CSc3nnnn3CC(=O)O)CS[C@H]21. The summed E-state index contributed by atoms with van der Waals surface area (Å²) in [5.41, 5.74) is 4.28. The van der Waals surface area contributed by atoms with Crippen molar-refractivity contribution in [1.29, 1.82) is 0 Å². The lowest BCUT2D eigenvalue weighted by Gasteiger charge is -2.56. The summed E-state index contributed by atoms with van der Waals surface area (Å²) in [4.78, 5) is 49.5. The summed E-state index contributed by atoms with van der Waals surface area (Å²) in [7, 11) is 1.26. The summed E-state index contributed by atoms with van der Waals surface area (Å²) in [6.07, 6.45) is 0. The number of nitrogens with one attached hydrogen (secondary N) is 1. The Bertz CT molecular complexity index is 1000. The molecule has 3 rings (SSSR count). The molecule has 180 valence electrons. The number of hydrogen-bond acceptors (Lipinski definition) is 12. The molecule has 0 aliphatic carbocycles. The van der Waals surface area contributed by atoms with Gasteiger partial charge in [-0.05, 0) is 21.8 Å². The van der Waals surface area contributed by atoms with E-state index in [0.717, 1.165) is 21.3 Å². The number of nitrogens with zero attached hydrogens (tertiary/aromatic N) is 5. The molecule has 0 spiro atoms. The number of aromatic nitrogens is 4. The standard InChI is InChI=1S/C16H21N7O7S3/c1-3-31-10(17)11(26)18-16(30-2)13(29)23-9(12(27)28)7(5-32-14(16)23)6-33-15-19-20-21-22(15)4-8(24)25/h10,14H,3-6,17H2,1-2H3,(H,18,26)(H,24,25)(H,27,28)/t10?,14-,16-/m0/s1. The number of fused-ring (bicyclic) bond motifs is 1. The van der Waals surface area contributed by atoms with E-state index in [2.05, 4.69) is 20.8 Å². The zero-order valence-corrected chi connectivity index (χ0v) is 19.9. The predicted molar refractivity (Wildman–Crippen MR) is 118 cm³/mol. The molecular weight excluding hydrogens is 498 g/mol. The van der Waals surface area contributed by atoms with Gasteiger partial charge in [0.05, 0.1) is 0 Å². The number of thioether (sulfide) groups is 3. The number of nitrogens with two attached hydrogens (primary N) is 1. The third-order valence-electron chi connectivity index (χ3n) is 4.71. The Kier molecular flexibility index (Phi) is 7.88. The number of hydrogen-bond donors (Lipinski definition) is 4. The first kappa shape index (κ1) is 25.3. The van der Waals surface area contributed by atoms with Crippen LogP contribution in [0.3, 0.4) is 0 Å². The van der Waals surface area contributed by atoms with Crippen LogP contribution in [0.4, 0.5) is 0 Å². The summed E-state index contributed by atoms with van der Waals surface area (Å²) in [5.74, 6) is -2.84. The minimum absolute atomic E-state index is 0.107. The molecule has 0 aromatic carbocycles. The number of carbonyl (C=O) groups excluding carboxylic acids is 2. The van der Waals surface area contributed by atoms with Crippen molar-refractivity contribution >= 4 is 59.0 Å². The fourth-order valence-corrected chi connectivity index (χ4v) is 6.27. The van der Waals surface area contributed by atoms with E-state index in [0.29, 0.717) is 11.3 Å². The van der Waals surface area contributed by atoms with Gasteiger partial charge >= 0.3 is 11.9 Å². The van der Waals surface area contributed by atoms with E-state index in [4.69, 9.17) is 15.6 Å². The Labute approximate surface area is 200 Å². The number of ether oxygens (including phenoxy) is 1. The summed E-state index contributed by atoms with van der Waals surface area (Å²) >= 11 is 3.46. The number of β-lactam (4-membered cyclic amide) rings is 1. The lowest BCUT2D eigenvalue weighted by Crippen LogP contribution is -2.81. The number of carboxylic acids is 2. The molecule has 33 heavy (non-hydrogen) atoms. The van der Waals surface area contributed by atoms with Gasteiger partial charge in [0.2, 0.25) is 11.1 Å². The molecule has 0 bridgehead atoms. The van der Waals surface area contributed by atoms with Crippen LogP contribution in [-0.2, 0) is 30.5 Å². The summed E-state index contributed by atoms with van der Waals surface area (Å²) in [6.45, 7) is 1.39. The van der Waals surface area contributed by atoms with Crippen LogP contribution in [-0.4, -0.2) is 99.9 Å². The van der Waals surface area contributed by atoms with Gasteiger partial charge in [-0.2, -0.15) is 0 Å². The minimum Gasteiger partial charge on any atom is -0.480 e. The van der Waals surface area contributed by atoms with E-state index in [1.807, 2.05) is 6.92 Å². The Balaban J connectivity index is 1.80. The molecule has 2 aliphatic rings. The molecule has 3 atom stereocenters. The molecule has 0 saturated carbocycles. The highest BCUT2D eigenvalue weighted by Crippen LogP contribution is 2.47. The molecule has 1 aromatic rings. The number of rotatable bonds is 11. The van der Waals surface area contributed by atoms with Gasteiger partial charge in [-0.3, -0.25) is 19.3 Å². The van der Waals surface area contributed by atoms with Gasteiger partial charge in [-0.25, -0.2) is 9.48 Å². The molecule has 2 amide bonds. The lowest BCUT2D eigenvalue weighted by molar-refractivity contribution is -0.192. The average Bonchev–Trinajstić information content (AvgIpc) is 3.20. The number of amides is 2. The number of tetrazole rings is 1. The largest absolute Gasteiger partial charge is 0.480 e. The van der Waals surface area contributed by atoms with E-state index in [1.54, 1.807) is 0 Å². The predicted octanol–water partition coefficient (Wildman–Crippen LogP) is -1.40. The van der Waals surface area contributed by atoms with E-state index in [1.165, 1.54) is 30.6 Å². The monoisotopic (exact) mass is 519 g/mol. The van der Waals surface area contributed by atoms with Gasteiger partial charge in [0, 0.05) is 18.6 Å². The zero-order chi connectivity index (χ0) is 24.3. The first-order valence-corrected chi connectivity index (χ1v) is 12.5. The summed E-state index contributed by atoms with van der Waals surface area (Å²) in [5, 5.41) is 30.6. The number of carbonyl (C=O) groups is 4. The van der Waals surface area contributed by atoms with Gasteiger partial charge in [-0.15, -0.1) is 28.6 Å². The van der Waals surface area contributed by atoms with Gasteiger partial charge < -0.3 is 26.0 Å². The van der Waals surface area contributed by atoms with Crippen LogP contribution in [0.5, 0.6) is 0 Å². The smallest absolute Gasteiger partial charge is 0.352 e. The van der Waals surface area contributed by atoms with Crippen molar-refractivity contribution in [3.05, 3.63) is 11.3 Å². The maximum Gasteiger partial charge on any atom is 0.352 e. The Morgan fingerprint density at radius 2 is 2.15 bits per heavy atom. The topological polar surface area (TPSA) is 203 Å². The second kappa shape index (κ2) is 10.3. The van der Waals surface area contributed by atoms with Crippen LogP contribution in [0, 0.1) is 0 Å². The maximum atomic E-state index is 13.1. The number of carboxylic acid groups (broad SMARTS) is 2. The van der Waals surface area contributed by atoms with Gasteiger partial charge in [0.1, 0.15) is 23.0 Å². The molecule has 17 heteroatoms. The second-order valence-electron chi connectivity index (χ2n) is 6.70. The van der Waals surface area contributed by atoms with Crippen LogP contribution < -0.4 is 11.1 Å². The molecule has 1 saturated heterocycles. The van der Waals surface area contributed by atoms with Crippen molar-refractivity contribution in [3.63, 3.8) is 0 Å². The van der Waals surface area contributed by atoms with E-state index >= 15 is 0 Å². The number of methoxy groups -OCH3 is 1. The van der Waals surface area contributed by atoms with Crippen molar-refractivity contribution < 1.29 is 34.1 Å². The van der Waals surface area contributed by atoms with Crippen molar-refractivity contribution in [2.24, 2.45) is 5.73 Å². The molecule has 2 aliphatic heterocycles. The lowest BCUT2D eigenvalue weighted by atomic mass is 9.98. The highest BCUT2D eigenvalue weighted by atomic mass is 32.2. The van der Waals surface area contributed by atoms with Crippen LogP contribution in [0.1, 0.15) is 6.92 Å². The van der Waals surface area contributed by atoms with E-state index < -0.39 is 46.8 Å². The molecule has 14 nitrogen and oxygen atoms in total. The molecule has 1 aromatic heterocycles. The van der Waals surface area contributed by atoms with Crippen molar-refractivity contribution in [2.75, 3.05) is 24.4 Å². The normalized spacial score (nSPS) is 23.1. The van der Waals surface area contributed by atoms with Crippen molar-refractivity contribution in [3.8, 4) is 0 Å². The van der Waals surface area contributed by atoms with Crippen LogP contribution >= 0.6 is 35.3 Å². The van der Waals surface area contributed by atoms with Crippen LogP contribution in [0.25, 0.3) is 0 Å². The third kappa shape index (κ3) is 4.81. The Morgan fingerprint density at radius 1 is 1.42 bits per heavy atom. The van der Waals surface area contributed by atoms with Gasteiger partial charge in [0.25, 0.3) is 11.6 Å². The highest BCUT2D eigenvalue weighted by Gasteiger charge is 2.66. The Hall–Kier alpha value is -2.34. The quantitative estimate of drug-likeness (QED) is 0.151. The minimum atomic E-state index is -1.72. The molecule has 3 heterocycles. The molecule has 5 N–H and O–H groups in total. The summed E-state index contributed by atoms with van der Waals surface area (Å²) < 4.78 is 6.45. The average molecular weight is 520 g/mol. The Morgan fingerprint density at radius 3 is 2.76 bits per heavy atom. The first-order valence-electron chi connectivity index (χ1n) is 9.41. The fraction of sp³-hybridized carbons (Fsp3) is 0.562. The van der Waals surface area contributed by atoms with Crippen molar-refractivity contribution in [1.82, 2.24) is 30.4 Å². The molecular formula is C16H21N7O7S3. The third-order valence-corrected chi connectivity index (χ3v) is 8.03. The van der Waals surface area contributed by atoms with E-state index in [9.17, 15) is 24.3 Å². The van der Waals surface area contributed by atoms with Gasteiger partial charge in [-0.1, -0.05) is 18.7 Å².